The zero-order valence-electron chi connectivity index (χ0n) is 27.0. The molecular weight excluding hydrogens is 560 g/mol. The van der Waals surface area contributed by atoms with Crippen LogP contribution in [0.2, 0.25) is 0 Å². The van der Waals surface area contributed by atoms with Crippen molar-refractivity contribution in [2.24, 2.45) is 34.5 Å². The number of carbonyl (C=O) groups excluding carboxylic acids is 3. The summed E-state index contributed by atoms with van der Waals surface area (Å²) in [6.07, 6.45) is 15.5. The number of ether oxygens (including phenoxy) is 2. The van der Waals surface area contributed by atoms with E-state index in [4.69, 9.17) is 14.6 Å². The third-order valence-electron chi connectivity index (χ3n) is 12.7. The second kappa shape index (κ2) is 14.1. The van der Waals surface area contributed by atoms with Crippen LogP contribution in [0, 0.1) is 34.5 Å². The molecule has 9 nitrogen and oxygen atoms in total. The second-order valence-corrected chi connectivity index (χ2v) is 15.0. The first-order chi connectivity index (χ1) is 21.1. The number of alkyl carbamates (subject to hydrolysis) is 1. The van der Waals surface area contributed by atoms with Crippen molar-refractivity contribution < 1.29 is 34.1 Å². The van der Waals surface area contributed by atoms with Gasteiger partial charge < -0.3 is 30.3 Å². The van der Waals surface area contributed by atoms with Crippen molar-refractivity contribution in [1.29, 1.82) is 0 Å². The number of hydrogen-bond acceptors (Lipinski definition) is 7. The summed E-state index contributed by atoms with van der Waals surface area (Å²) in [5.41, 5.74) is 0.292. The van der Waals surface area contributed by atoms with E-state index < -0.39 is 5.60 Å². The van der Waals surface area contributed by atoms with Crippen LogP contribution in [-0.4, -0.2) is 66.2 Å². The Hall–Kier alpha value is -2.13. The Balaban J connectivity index is 1.03. The first-order valence-electron chi connectivity index (χ1n) is 17.5. The number of esters is 1. The molecule has 0 aromatic heterocycles. The van der Waals surface area contributed by atoms with Crippen LogP contribution in [0.15, 0.2) is 11.6 Å². The number of cyclic esters (lactones) is 1. The molecule has 0 bridgehead atoms. The highest BCUT2D eigenvalue weighted by Crippen LogP contribution is 2.70. The van der Waals surface area contributed by atoms with Gasteiger partial charge in [0, 0.05) is 37.6 Å². The summed E-state index contributed by atoms with van der Waals surface area (Å²) in [5, 5.41) is 27.0. The summed E-state index contributed by atoms with van der Waals surface area (Å²) in [5.74, 6) is 1.27. The van der Waals surface area contributed by atoms with Crippen molar-refractivity contribution in [3.63, 3.8) is 0 Å². The third-order valence-corrected chi connectivity index (χ3v) is 12.7. The summed E-state index contributed by atoms with van der Waals surface area (Å²) < 4.78 is 11.2. The largest absolute Gasteiger partial charge is 0.458 e. The summed E-state index contributed by atoms with van der Waals surface area (Å²) in [4.78, 5) is 36.3. The minimum absolute atomic E-state index is 0.0645. The van der Waals surface area contributed by atoms with Crippen molar-refractivity contribution in [2.75, 3.05) is 26.3 Å². The van der Waals surface area contributed by atoms with Crippen LogP contribution >= 0.6 is 0 Å². The van der Waals surface area contributed by atoms with Gasteiger partial charge >= 0.3 is 12.1 Å². The van der Waals surface area contributed by atoms with E-state index in [9.17, 15) is 19.5 Å². The molecule has 5 aliphatic rings. The third kappa shape index (κ3) is 6.69. The van der Waals surface area contributed by atoms with Gasteiger partial charge in [-0.3, -0.25) is 4.79 Å². The molecule has 4 saturated carbocycles. The van der Waals surface area contributed by atoms with Crippen LogP contribution in [0.5, 0.6) is 0 Å². The molecule has 4 aliphatic carbocycles. The molecule has 0 saturated heterocycles. The van der Waals surface area contributed by atoms with E-state index in [1.807, 2.05) is 0 Å². The van der Waals surface area contributed by atoms with E-state index in [0.29, 0.717) is 38.0 Å². The molecule has 5 rings (SSSR count). The van der Waals surface area contributed by atoms with Gasteiger partial charge in [-0.25, -0.2) is 9.59 Å². The molecular formula is C35H56N2O7. The first kappa shape index (κ1) is 33.2. The average Bonchev–Trinajstić information content (AvgIpc) is 3.54. The van der Waals surface area contributed by atoms with Crippen LogP contribution in [0.25, 0.3) is 0 Å². The maximum Gasteiger partial charge on any atom is 0.407 e. The van der Waals surface area contributed by atoms with E-state index in [-0.39, 0.29) is 53.3 Å². The highest BCUT2D eigenvalue weighted by Gasteiger charge is 2.67. The number of aliphatic hydroxyl groups excluding tert-OH is 1. The van der Waals surface area contributed by atoms with E-state index in [2.05, 4.69) is 24.5 Å². The van der Waals surface area contributed by atoms with Crippen LogP contribution in [0.1, 0.15) is 117 Å². The maximum atomic E-state index is 12.6. The van der Waals surface area contributed by atoms with E-state index in [1.54, 1.807) is 6.08 Å². The second-order valence-electron chi connectivity index (χ2n) is 15.0. The van der Waals surface area contributed by atoms with Crippen LogP contribution in [-0.2, 0) is 19.1 Å². The highest BCUT2D eigenvalue weighted by atomic mass is 16.6. The van der Waals surface area contributed by atoms with Gasteiger partial charge in [0.05, 0.1) is 5.60 Å². The number of hydrogen-bond donors (Lipinski definition) is 4. The van der Waals surface area contributed by atoms with Gasteiger partial charge in [-0.15, -0.1) is 0 Å². The molecule has 1 heterocycles. The van der Waals surface area contributed by atoms with Crippen molar-refractivity contribution in [3.8, 4) is 0 Å². The van der Waals surface area contributed by atoms with Gasteiger partial charge in [0.2, 0.25) is 5.91 Å². The fraction of sp³-hybridized carbons (Fsp3) is 0.857. The van der Waals surface area contributed by atoms with Crippen LogP contribution in [0.4, 0.5) is 4.79 Å². The van der Waals surface area contributed by atoms with Crippen LogP contribution in [0.3, 0.4) is 0 Å². The molecule has 9 heteroatoms. The number of unbranched alkanes of at least 4 members (excludes halogenated alkanes) is 4. The van der Waals surface area contributed by atoms with Gasteiger partial charge in [-0.05, 0) is 125 Å². The van der Waals surface area contributed by atoms with Crippen molar-refractivity contribution in [1.82, 2.24) is 10.6 Å². The lowest BCUT2D eigenvalue weighted by molar-refractivity contribution is -0.208. The Morgan fingerprint density at radius 2 is 1.70 bits per heavy atom. The normalized spacial score (nSPS) is 37.7. The minimum atomic E-state index is -0.710. The lowest BCUT2D eigenvalue weighted by Crippen LogP contribution is -2.62. The molecule has 0 radical (unpaired) electrons. The summed E-state index contributed by atoms with van der Waals surface area (Å²) in [6.45, 7) is 6.50. The molecule has 3 unspecified atom stereocenters. The Kier molecular flexibility index (Phi) is 10.7. The molecule has 44 heavy (non-hydrogen) atoms. The number of carbonyl (C=O) groups is 3. The summed E-state index contributed by atoms with van der Waals surface area (Å²) in [7, 11) is 0. The number of amides is 2. The molecule has 4 fully saturated rings. The topological polar surface area (TPSA) is 134 Å². The first-order valence-corrected chi connectivity index (χ1v) is 17.5. The minimum Gasteiger partial charge on any atom is -0.458 e. The molecule has 0 aromatic carbocycles. The predicted molar refractivity (Wildman–Crippen MR) is 166 cm³/mol. The van der Waals surface area contributed by atoms with E-state index in [1.165, 1.54) is 0 Å². The van der Waals surface area contributed by atoms with Crippen molar-refractivity contribution in [3.05, 3.63) is 11.6 Å². The van der Waals surface area contributed by atoms with Gasteiger partial charge in [0.25, 0.3) is 0 Å². The zero-order valence-corrected chi connectivity index (χ0v) is 27.0. The fourth-order valence-electron chi connectivity index (χ4n) is 10.2. The van der Waals surface area contributed by atoms with Gasteiger partial charge in [0.1, 0.15) is 12.7 Å². The molecule has 0 aromatic rings. The maximum absolute atomic E-state index is 12.6. The van der Waals surface area contributed by atoms with Gasteiger partial charge in [-0.1, -0.05) is 20.3 Å². The molecule has 248 valence electrons. The molecule has 1 aliphatic heterocycles. The highest BCUT2D eigenvalue weighted by molar-refractivity contribution is 5.85. The van der Waals surface area contributed by atoms with Crippen molar-refractivity contribution >= 4 is 18.0 Å². The standard InChI is InChI=1S/C35H56N2O7/c1-33-15-12-26(44-32(41)37-19-6-3-5-9-30(39)36-18-7-4-8-20-38)22-25(33)10-11-29-28(33)13-16-34(2)27(14-17-35(29,34)42)24-21-31(40)43-23-24/h21,25-29,38,42H,3-20,22-23H2,1-2H3,(H,36,39)(H,37,41)/t25?,26?,27-,28+,29-,33+,34-,35?/m1/s1. The van der Waals surface area contributed by atoms with E-state index >= 15 is 0 Å². The van der Waals surface area contributed by atoms with Crippen molar-refractivity contribution in [2.45, 2.75) is 128 Å². The molecule has 8 atom stereocenters. The number of aliphatic hydroxyl groups is 2. The summed E-state index contributed by atoms with van der Waals surface area (Å²) >= 11 is 0. The Morgan fingerprint density at radius 1 is 0.932 bits per heavy atom. The molecule has 0 spiro atoms. The lowest BCUT2D eigenvalue weighted by Gasteiger charge is -2.63. The zero-order chi connectivity index (χ0) is 31.4. The summed E-state index contributed by atoms with van der Waals surface area (Å²) in [6, 6.07) is 0. The SMILES string of the molecule is C[C@]12CCC(OC(=O)NCCCCCC(=O)NCCCCCO)CC1CC[C@@H]1[C@@H]2CC[C@]2(C)[C@@H](C3=CC(=O)OC3)CCC12O. The number of rotatable bonds is 13. The Labute approximate surface area is 263 Å². The fourth-order valence-corrected chi connectivity index (χ4v) is 10.2. The van der Waals surface area contributed by atoms with E-state index in [0.717, 1.165) is 102 Å². The monoisotopic (exact) mass is 616 g/mol. The van der Waals surface area contributed by atoms with Gasteiger partial charge in [-0.2, -0.15) is 0 Å². The smallest absolute Gasteiger partial charge is 0.407 e. The quantitative estimate of drug-likeness (QED) is 0.166. The average molecular weight is 617 g/mol. The molecule has 2 amide bonds. The lowest BCUT2D eigenvalue weighted by atomic mass is 9.43. The Morgan fingerprint density at radius 3 is 2.45 bits per heavy atom. The number of nitrogens with one attached hydrogen (secondary N) is 2. The molecule has 4 N–H and O–H groups in total. The number of fused-ring (bicyclic) bond motifs is 5. The van der Waals surface area contributed by atoms with Crippen LogP contribution < -0.4 is 10.6 Å². The predicted octanol–water partition coefficient (Wildman–Crippen LogP) is 5.18. The van der Waals surface area contributed by atoms with Gasteiger partial charge in [0.15, 0.2) is 0 Å². The Bertz CT molecular complexity index is 1080.